The molecule has 3 fully saturated rings. The van der Waals surface area contributed by atoms with E-state index in [1.54, 1.807) is 7.11 Å². The molecule has 3 aliphatic rings. The summed E-state index contributed by atoms with van der Waals surface area (Å²) >= 11 is 0. The number of carbonyl (C=O) groups excluding carboxylic acids is 1. The number of fused-ring (bicyclic) bond motifs is 3. The first-order valence-electron chi connectivity index (χ1n) is 13.4. The summed E-state index contributed by atoms with van der Waals surface area (Å²) in [6, 6.07) is 16.9. The van der Waals surface area contributed by atoms with Gasteiger partial charge < -0.3 is 38.5 Å². The zero-order valence-corrected chi connectivity index (χ0v) is 23.7. The maximum atomic E-state index is 14.2. The van der Waals surface area contributed by atoms with E-state index >= 15 is 0 Å². The van der Waals surface area contributed by atoms with Gasteiger partial charge in [-0.3, -0.25) is 0 Å². The van der Waals surface area contributed by atoms with Crippen LogP contribution < -0.4 is 10.1 Å². The van der Waals surface area contributed by atoms with Crippen molar-refractivity contribution in [1.82, 2.24) is 0 Å². The summed E-state index contributed by atoms with van der Waals surface area (Å²) in [4.78, 5) is 14.2. The number of carbonyl (C=O) groups is 1. The summed E-state index contributed by atoms with van der Waals surface area (Å²) in [5.74, 6) is -2.92. The van der Waals surface area contributed by atoms with Crippen molar-refractivity contribution in [2.75, 3.05) is 19.0 Å². The minimum atomic E-state index is -1.41. The van der Waals surface area contributed by atoms with E-state index in [0.717, 1.165) is 0 Å². The third-order valence-electron chi connectivity index (χ3n) is 7.19. The number of rotatable bonds is 8. The van der Waals surface area contributed by atoms with Gasteiger partial charge >= 0.3 is 5.97 Å². The second-order valence-corrected chi connectivity index (χ2v) is 11.6. The zero-order valence-electron chi connectivity index (χ0n) is 23.7. The van der Waals surface area contributed by atoms with E-state index in [0.29, 0.717) is 17.0 Å². The van der Waals surface area contributed by atoms with Crippen LogP contribution in [0.25, 0.3) is 0 Å². The Morgan fingerprint density at radius 2 is 1.69 bits per heavy atom. The van der Waals surface area contributed by atoms with E-state index in [1.165, 1.54) is 0 Å². The molecule has 3 saturated heterocycles. The minimum absolute atomic E-state index is 0.0443. The Morgan fingerprint density at radius 1 is 1.00 bits per heavy atom. The van der Waals surface area contributed by atoms with Crippen molar-refractivity contribution in [3.05, 3.63) is 60.2 Å². The number of hydrogen-bond acceptors (Lipinski definition) is 9. The lowest BCUT2D eigenvalue weighted by molar-refractivity contribution is -0.289. The highest BCUT2D eigenvalue weighted by Gasteiger charge is 2.68. The lowest BCUT2D eigenvalue weighted by atomic mass is 9.79. The third-order valence-corrected chi connectivity index (χ3v) is 7.19. The van der Waals surface area contributed by atoms with Crippen molar-refractivity contribution in [2.24, 2.45) is 0 Å². The molecule has 39 heavy (non-hydrogen) atoms. The minimum Gasteiger partial charge on any atom is -0.497 e. The second-order valence-electron chi connectivity index (χ2n) is 11.6. The molecular weight excluding hydrogens is 502 g/mol. The maximum Gasteiger partial charge on any atom is 0.336 e. The quantitative estimate of drug-likeness (QED) is 0.476. The zero-order chi connectivity index (χ0) is 28.1. The molecule has 0 bridgehead atoms. The second kappa shape index (κ2) is 10.1. The first-order chi connectivity index (χ1) is 18.4. The summed E-state index contributed by atoms with van der Waals surface area (Å²) in [7, 11) is 1.61. The van der Waals surface area contributed by atoms with Crippen LogP contribution in [-0.2, 0) is 38.8 Å². The van der Waals surface area contributed by atoms with Gasteiger partial charge in [-0.1, -0.05) is 30.3 Å². The summed E-state index contributed by atoms with van der Waals surface area (Å²) in [6.45, 7) is 11.3. The van der Waals surface area contributed by atoms with Gasteiger partial charge in [-0.25, -0.2) is 4.79 Å². The molecular formula is C30H39NO8. The molecule has 0 saturated carbocycles. The van der Waals surface area contributed by atoms with Crippen LogP contribution in [0.4, 0.5) is 5.69 Å². The Labute approximate surface area is 230 Å². The molecule has 1 N–H and O–H groups in total. The smallest absolute Gasteiger partial charge is 0.336 e. The Kier molecular flexibility index (Phi) is 7.18. The van der Waals surface area contributed by atoms with E-state index in [4.69, 9.17) is 33.2 Å². The van der Waals surface area contributed by atoms with Gasteiger partial charge in [0.1, 0.15) is 24.1 Å². The van der Waals surface area contributed by atoms with Gasteiger partial charge in [0.25, 0.3) is 0 Å². The summed E-state index contributed by atoms with van der Waals surface area (Å²) in [5, 5.41) is 3.51. The molecule has 212 valence electrons. The van der Waals surface area contributed by atoms with E-state index < -0.39 is 41.1 Å². The average Bonchev–Trinajstić information content (AvgIpc) is 3.34. The Bertz CT molecular complexity index is 1170. The van der Waals surface area contributed by atoms with Gasteiger partial charge in [0, 0.05) is 12.1 Å². The molecule has 0 amide bonds. The highest BCUT2D eigenvalue weighted by Crippen LogP contribution is 2.52. The molecule has 9 heteroatoms. The highest BCUT2D eigenvalue weighted by molar-refractivity contribution is 5.86. The lowest BCUT2D eigenvalue weighted by Crippen LogP contribution is -2.62. The fourth-order valence-electron chi connectivity index (χ4n) is 5.77. The standard InChI is InChI=1S/C30H39NO8/c1-19(2)35-26(32)29(20-11-9-8-10-12-20,31-21-13-15-22(33-7)16-14-21)18-30-25(38-28(5,6)39-30)24-23(17-34-30)36-27(3,4)37-24/h8-16,19,23-25,31H,17-18H2,1-7H3/t23-,24-,25+,29-,30+/m1/s1. The van der Waals surface area contributed by atoms with Crippen LogP contribution in [0.3, 0.4) is 0 Å². The van der Waals surface area contributed by atoms with Gasteiger partial charge in [-0.15, -0.1) is 0 Å². The predicted octanol–water partition coefficient (Wildman–Crippen LogP) is 4.74. The Balaban J connectivity index is 1.63. The van der Waals surface area contributed by atoms with Crippen LogP contribution in [0.1, 0.15) is 53.5 Å². The van der Waals surface area contributed by atoms with Gasteiger partial charge in [0.2, 0.25) is 5.79 Å². The Morgan fingerprint density at radius 3 is 2.33 bits per heavy atom. The van der Waals surface area contributed by atoms with E-state index in [-0.39, 0.29) is 25.2 Å². The van der Waals surface area contributed by atoms with E-state index in [1.807, 2.05) is 96.1 Å². The predicted molar refractivity (Wildman–Crippen MR) is 143 cm³/mol. The largest absolute Gasteiger partial charge is 0.497 e. The molecule has 2 aromatic carbocycles. The summed E-state index contributed by atoms with van der Waals surface area (Å²) < 4.78 is 43.2. The van der Waals surface area contributed by atoms with Crippen molar-refractivity contribution in [3.8, 4) is 5.75 Å². The topological polar surface area (TPSA) is 93.7 Å². The van der Waals surface area contributed by atoms with Gasteiger partial charge in [-0.05, 0) is 71.4 Å². The average molecular weight is 542 g/mol. The van der Waals surface area contributed by atoms with Gasteiger partial charge in [0.05, 0.1) is 19.8 Å². The molecule has 0 aliphatic carbocycles. The van der Waals surface area contributed by atoms with Crippen LogP contribution in [-0.4, -0.2) is 61.5 Å². The van der Waals surface area contributed by atoms with Crippen molar-refractivity contribution < 1.29 is 38.0 Å². The Hall–Kier alpha value is -2.69. The molecule has 3 aliphatic heterocycles. The number of ether oxygens (including phenoxy) is 7. The molecule has 0 unspecified atom stereocenters. The fraction of sp³-hybridized carbons (Fsp3) is 0.567. The van der Waals surface area contributed by atoms with Gasteiger partial charge in [-0.2, -0.15) is 0 Å². The fourth-order valence-corrected chi connectivity index (χ4v) is 5.77. The molecule has 0 spiro atoms. The van der Waals surface area contributed by atoms with Crippen molar-refractivity contribution >= 4 is 11.7 Å². The van der Waals surface area contributed by atoms with Crippen molar-refractivity contribution in [2.45, 2.75) is 95.3 Å². The number of hydrogen-bond donors (Lipinski definition) is 1. The molecule has 3 heterocycles. The van der Waals surface area contributed by atoms with E-state index in [2.05, 4.69) is 5.32 Å². The summed E-state index contributed by atoms with van der Waals surface area (Å²) in [5.41, 5.74) is -0.0199. The first-order valence-corrected chi connectivity index (χ1v) is 13.4. The monoisotopic (exact) mass is 541 g/mol. The SMILES string of the molecule is COc1ccc(N[C@@](C[C@@]23OC[C@H]4OC(C)(C)O[C@H]4[C@@H]2OC(C)(C)O3)(C(=O)OC(C)C)c2ccccc2)cc1. The highest BCUT2D eigenvalue weighted by atomic mass is 16.9. The molecule has 0 aromatic heterocycles. The number of anilines is 1. The molecule has 9 nitrogen and oxygen atoms in total. The van der Waals surface area contributed by atoms with Crippen LogP contribution in [0.15, 0.2) is 54.6 Å². The lowest BCUT2D eigenvalue weighted by Gasteiger charge is -2.46. The van der Waals surface area contributed by atoms with Crippen LogP contribution in [0.2, 0.25) is 0 Å². The number of nitrogens with one attached hydrogen (secondary N) is 1. The van der Waals surface area contributed by atoms with E-state index in [9.17, 15) is 4.79 Å². The molecule has 5 atom stereocenters. The number of methoxy groups -OCH3 is 1. The van der Waals surface area contributed by atoms with Crippen LogP contribution in [0.5, 0.6) is 5.75 Å². The first kappa shape index (κ1) is 27.9. The van der Waals surface area contributed by atoms with Crippen molar-refractivity contribution in [3.63, 3.8) is 0 Å². The normalized spacial score (nSPS) is 30.2. The number of esters is 1. The van der Waals surface area contributed by atoms with Gasteiger partial charge in [0.15, 0.2) is 17.1 Å². The van der Waals surface area contributed by atoms with Crippen LogP contribution >= 0.6 is 0 Å². The third kappa shape index (κ3) is 5.38. The molecule has 5 rings (SSSR count). The summed E-state index contributed by atoms with van der Waals surface area (Å²) in [6.07, 6.45) is -1.76. The van der Waals surface area contributed by atoms with Crippen molar-refractivity contribution in [1.29, 1.82) is 0 Å². The molecule has 0 radical (unpaired) electrons. The number of benzene rings is 2. The molecule has 2 aromatic rings. The van der Waals surface area contributed by atoms with Crippen LogP contribution in [0, 0.1) is 0 Å². The maximum absolute atomic E-state index is 14.2.